The summed E-state index contributed by atoms with van der Waals surface area (Å²) in [6.45, 7) is 3.26. The number of carbonyl (C=O) groups excluding carboxylic acids is 1. The standard InChI is InChI=1S/C24H31N3O/c1-25(2)27-22-15-9-8-14-21(22)24(23(27)28,20-12-6-5-7-13-20)16-19-26-17-10-3-4-11-18-26/h5-9,12-15H,3-4,10-11,16-19H2,1-2H3/t24-/m1/s1. The van der Waals surface area contributed by atoms with E-state index in [2.05, 4.69) is 47.4 Å². The molecule has 1 saturated heterocycles. The van der Waals surface area contributed by atoms with Crippen molar-refractivity contribution in [1.29, 1.82) is 0 Å². The van der Waals surface area contributed by atoms with Crippen molar-refractivity contribution in [2.24, 2.45) is 0 Å². The van der Waals surface area contributed by atoms with Crippen LogP contribution in [-0.2, 0) is 10.2 Å². The van der Waals surface area contributed by atoms with Crippen LogP contribution in [0.15, 0.2) is 54.6 Å². The van der Waals surface area contributed by atoms with Crippen molar-refractivity contribution in [2.45, 2.75) is 37.5 Å². The Balaban J connectivity index is 1.77. The largest absolute Gasteiger partial charge is 0.303 e. The minimum absolute atomic E-state index is 0.166. The van der Waals surface area contributed by atoms with Crippen LogP contribution in [0, 0.1) is 0 Å². The first kappa shape index (κ1) is 19.2. The smallest absolute Gasteiger partial charge is 0.256 e. The molecule has 0 aliphatic carbocycles. The summed E-state index contributed by atoms with van der Waals surface area (Å²) in [5.41, 5.74) is 2.63. The highest BCUT2D eigenvalue weighted by Crippen LogP contribution is 2.48. The maximum atomic E-state index is 13.9. The first-order chi connectivity index (χ1) is 13.6. The zero-order valence-corrected chi connectivity index (χ0v) is 17.1. The van der Waals surface area contributed by atoms with Crippen molar-refractivity contribution in [3.8, 4) is 0 Å². The normalized spacial score (nSPS) is 23.1. The van der Waals surface area contributed by atoms with Gasteiger partial charge in [0.2, 0.25) is 0 Å². The lowest BCUT2D eigenvalue weighted by Gasteiger charge is -2.33. The van der Waals surface area contributed by atoms with Gasteiger partial charge >= 0.3 is 0 Å². The van der Waals surface area contributed by atoms with Crippen LogP contribution in [-0.4, -0.2) is 49.5 Å². The van der Waals surface area contributed by atoms with Gasteiger partial charge in [0.15, 0.2) is 0 Å². The Morgan fingerprint density at radius 2 is 1.54 bits per heavy atom. The second kappa shape index (κ2) is 8.06. The first-order valence-corrected chi connectivity index (χ1v) is 10.5. The monoisotopic (exact) mass is 377 g/mol. The summed E-state index contributed by atoms with van der Waals surface area (Å²) in [5, 5.41) is 3.77. The van der Waals surface area contributed by atoms with Crippen molar-refractivity contribution in [1.82, 2.24) is 9.91 Å². The Bertz CT molecular complexity index is 812. The van der Waals surface area contributed by atoms with Gasteiger partial charge in [0.25, 0.3) is 5.91 Å². The molecule has 0 radical (unpaired) electrons. The molecular formula is C24H31N3O. The maximum absolute atomic E-state index is 13.9. The first-order valence-electron chi connectivity index (χ1n) is 10.5. The molecule has 2 aromatic rings. The van der Waals surface area contributed by atoms with Gasteiger partial charge in [-0.1, -0.05) is 61.4 Å². The molecular weight excluding hydrogens is 346 g/mol. The average Bonchev–Trinajstić information content (AvgIpc) is 2.85. The molecule has 0 N–H and O–H groups in total. The lowest BCUT2D eigenvalue weighted by atomic mass is 9.72. The summed E-state index contributed by atoms with van der Waals surface area (Å²) in [6, 6.07) is 18.7. The van der Waals surface area contributed by atoms with Gasteiger partial charge in [-0.25, -0.2) is 10.0 Å². The summed E-state index contributed by atoms with van der Waals surface area (Å²) in [6.07, 6.45) is 6.02. The summed E-state index contributed by atoms with van der Waals surface area (Å²) in [7, 11) is 3.90. The van der Waals surface area contributed by atoms with Crippen LogP contribution in [0.1, 0.15) is 43.2 Å². The number of carbonyl (C=O) groups is 1. The van der Waals surface area contributed by atoms with Crippen molar-refractivity contribution in [2.75, 3.05) is 38.7 Å². The summed E-state index contributed by atoms with van der Waals surface area (Å²) >= 11 is 0. The molecule has 2 aromatic carbocycles. The minimum atomic E-state index is -0.617. The molecule has 2 heterocycles. The Hall–Kier alpha value is -2.17. The number of nitrogens with zero attached hydrogens (tertiary/aromatic N) is 3. The van der Waals surface area contributed by atoms with E-state index in [-0.39, 0.29) is 5.91 Å². The molecule has 0 saturated carbocycles. The third-order valence-electron chi connectivity index (χ3n) is 6.32. The number of para-hydroxylation sites is 1. The van der Waals surface area contributed by atoms with Crippen molar-refractivity contribution >= 4 is 11.6 Å². The van der Waals surface area contributed by atoms with E-state index in [0.717, 1.165) is 42.9 Å². The van der Waals surface area contributed by atoms with Crippen LogP contribution in [0.2, 0.25) is 0 Å². The summed E-state index contributed by atoms with van der Waals surface area (Å²) in [5.74, 6) is 0.166. The molecule has 1 fully saturated rings. The van der Waals surface area contributed by atoms with Gasteiger partial charge in [0.05, 0.1) is 5.69 Å². The number of likely N-dealkylation sites (tertiary alicyclic amines) is 1. The minimum Gasteiger partial charge on any atom is -0.303 e. The number of hydrazine groups is 1. The number of amides is 1. The zero-order chi connectivity index (χ0) is 19.6. The highest BCUT2D eigenvalue weighted by atomic mass is 16.2. The molecule has 1 atom stereocenters. The highest BCUT2D eigenvalue weighted by molar-refractivity contribution is 6.09. The van der Waals surface area contributed by atoms with Crippen molar-refractivity contribution in [3.63, 3.8) is 0 Å². The van der Waals surface area contributed by atoms with Crippen LogP contribution in [0.4, 0.5) is 5.69 Å². The second-order valence-electron chi connectivity index (χ2n) is 8.26. The SMILES string of the molecule is CN(C)N1C(=O)[C@](CCN2CCCCCC2)(c2ccccc2)c2ccccc21. The Kier molecular flexibility index (Phi) is 5.51. The highest BCUT2D eigenvalue weighted by Gasteiger charge is 2.52. The molecule has 4 rings (SSSR count). The molecule has 0 bridgehead atoms. The van der Waals surface area contributed by atoms with Crippen molar-refractivity contribution in [3.05, 3.63) is 65.7 Å². The topological polar surface area (TPSA) is 26.8 Å². The van der Waals surface area contributed by atoms with E-state index >= 15 is 0 Å². The number of hydrogen-bond donors (Lipinski definition) is 0. The van der Waals surface area contributed by atoms with Gasteiger partial charge in [0, 0.05) is 14.1 Å². The Morgan fingerprint density at radius 1 is 0.893 bits per heavy atom. The van der Waals surface area contributed by atoms with Crippen LogP contribution in [0.5, 0.6) is 0 Å². The maximum Gasteiger partial charge on any atom is 0.256 e. The fourth-order valence-corrected chi connectivity index (χ4v) is 4.89. The lowest BCUT2D eigenvalue weighted by Crippen LogP contribution is -2.48. The Morgan fingerprint density at radius 3 is 2.21 bits per heavy atom. The zero-order valence-electron chi connectivity index (χ0n) is 17.1. The molecule has 28 heavy (non-hydrogen) atoms. The fraction of sp³-hybridized carbons (Fsp3) is 0.458. The second-order valence-corrected chi connectivity index (χ2v) is 8.26. The predicted molar refractivity (Wildman–Crippen MR) is 114 cm³/mol. The number of anilines is 1. The van der Waals surface area contributed by atoms with E-state index in [1.54, 1.807) is 0 Å². The molecule has 4 heteroatoms. The van der Waals surface area contributed by atoms with Crippen molar-refractivity contribution < 1.29 is 4.79 Å². The molecule has 0 spiro atoms. The van der Waals surface area contributed by atoms with Crippen LogP contribution < -0.4 is 5.01 Å². The lowest BCUT2D eigenvalue weighted by molar-refractivity contribution is -0.124. The fourth-order valence-electron chi connectivity index (χ4n) is 4.89. The van der Waals surface area contributed by atoms with Crippen LogP contribution >= 0.6 is 0 Å². The van der Waals surface area contributed by atoms with E-state index in [4.69, 9.17) is 0 Å². The molecule has 148 valence electrons. The van der Waals surface area contributed by atoms with E-state index < -0.39 is 5.41 Å². The number of rotatable bonds is 5. The van der Waals surface area contributed by atoms with Gasteiger partial charge in [-0.3, -0.25) is 4.79 Å². The Labute approximate surface area is 168 Å². The van der Waals surface area contributed by atoms with Gasteiger partial charge < -0.3 is 4.90 Å². The number of fused-ring (bicyclic) bond motifs is 1. The van der Waals surface area contributed by atoms with Gasteiger partial charge in [-0.15, -0.1) is 0 Å². The van der Waals surface area contributed by atoms with E-state index in [9.17, 15) is 4.79 Å². The van der Waals surface area contributed by atoms with Crippen LogP contribution in [0.3, 0.4) is 0 Å². The quantitative estimate of drug-likeness (QED) is 0.786. The van der Waals surface area contributed by atoms with E-state index in [1.165, 1.54) is 25.7 Å². The number of benzene rings is 2. The molecule has 4 nitrogen and oxygen atoms in total. The molecule has 0 aromatic heterocycles. The molecule has 2 aliphatic rings. The molecule has 0 unspecified atom stereocenters. The van der Waals surface area contributed by atoms with Gasteiger partial charge in [-0.05, 0) is 56.1 Å². The summed E-state index contributed by atoms with van der Waals surface area (Å²) < 4.78 is 0. The third-order valence-corrected chi connectivity index (χ3v) is 6.32. The van der Waals surface area contributed by atoms with Gasteiger partial charge in [-0.2, -0.15) is 0 Å². The van der Waals surface area contributed by atoms with E-state index in [1.807, 2.05) is 36.2 Å². The van der Waals surface area contributed by atoms with Gasteiger partial charge in [0.1, 0.15) is 5.41 Å². The number of hydrogen-bond acceptors (Lipinski definition) is 3. The predicted octanol–water partition coefficient (Wildman–Crippen LogP) is 4.06. The summed E-state index contributed by atoms with van der Waals surface area (Å²) in [4.78, 5) is 16.5. The third kappa shape index (κ3) is 3.25. The van der Waals surface area contributed by atoms with E-state index in [0.29, 0.717) is 0 Å². The molecule has 2 aliphatic heterocycles. The molecule has 1 amide bonds. The van der Waals surface area contributed by atoms with Crippen LogP contribution in [0.25, 0.3) is 0 Å². The average molecular weight is 378 g/mol.